The largest absolute Gasteiger partial charge is 0.338 e. The van der Waals surface area contributed by atoms with Crippen LogP contribution in [0.1, 0.15) is 25.6 Å². The molecule has 1 rings (SSSR count). The molecular formula is C6H12ClN3. The van der Waals surface area contributed by atoms with E-state index in [1.807, 2.05) is 0 Å². The molecule has 4 heteroatoms. The van der Waals surface area contributed by atoms with E-state index in [1.54, 1.807) is 17.1 Å². The normalized spacial score (nSPS) is 9.50. The maximum atomic E-state index is 5.50. The predicted octanol–water partition coefficient (Wildman–Crippen LogP) is 1.14. The first-order valence-electron chi connectivity index (χ1n) is 3.00. The maximum absolute atomic E-state index is 5.50. The summed E-state index contributed by atoms with van der Waals surface area (Å²) in [5.74, 6) is 6.83. The Bertz CT molecular complexity index is 195. The number of hydrogen-bond acceptors (Lipinski definition) is 2. The highest BCUT2D eigenvalue weighted by Crippen LogP contribution is 2.07. The zero-order valence-electron chi connectivity index (χ0n) is 6.11. The third kappa shape index (κ3) is 1.64. The summed E-state index contributed by atoms with van der Waals surface area (Å²) < 4.78 is 1.55. The molecule has 0 bridgehead atoms. The average molecular weight is 162 g/mol. The molecule has 1 aromatic rings. The fourth-order valence-corrected chi connectivity index (χ4v) is 0.772. The van der Waals surface area contributed by atoms with Crippen LogP contribution in [0.2, 0.25) is 0 Å². The number of nitrogen functional groups attached to an aromatic ring is 1. The lowest BCUT2D eigenvalue weighted by Crippen LogP contribution is -2.12. The molecule has 0 aliphatic carbocycles. The van der Waals surface area contributed by atoms with E-state index < -0.39 is 0 Å². The molecule has 0 fully saturated rings. The highest BCUT2D eigenvalue weighted by atomic mass is 35.5. The van der Waals surface area contributed by atoms with Gasteiger partial charge in [-0.05, 0) is 0 Å². The van der Waals surface area contributed by atoms with Crippen LogP contribution < -0.4 is 5.84 Å². The topological polar surface area (TPSA) is 43.8 Å². The molecule has 1 heterocycles. The summed E-state index contributed by atoms with van der Waals surface area (Å²) >= 11 is 0. The molecule has 10 heavy (non-hydrogen) atoms. The molecule has 58 valence electrons. The first kappa shape index (κ1) is 9.30. The van der Waals surface area contributed by atoms with Crippen LogP contribution in [0.25, 0.3) is 0 Å². The minimum atomic E-state index is 0. The average Bonchev–Trinajstić information content (AvgIpc) is 2.13. The van der Waals surface area contributed by atoms with Gasteiger partial charge in [0.05, 0.1) is 0 Å². The Hall–Kier alpha value is -0.700. The van der Waals surface area contributed by atoms with Gasteiger partial charge in [-0.15, -0.1) is 12.4 Å². The molecule has 0 unspecified atom stereocenters. The highest BCUT2D eigenvalue weighted by molar-refractivity contribution is 5.85. The lowest BCUT2D eigenvalue weighted by molar-refractivity contribution is 0.736. The van der Waals surface area contributed by atoms with Crippen LogP contribution in [0.4, 0.5) is 0 Å². The van der Waals surface area contributed by atoms with Crippen LogP contribution in [-0.2, 0) is 0 Å². The standard InChI is InChI=1S/C6H11N3.ClH/c1-5(2)6-8-3-4-9(6)7;/h3-5H,7H2,1-2H3;1H. The molecule has 0 atom stereocenters. The SMILES string of the molecule is CC(C)c1nccn1N.Cl. The summed E-state index contributed by atoms with van der Waals surface area (Å²) in [5.41, 5.74) is 0. The molecule has 3 nitrogen and oxygen atoms in total. The molecular weight excluding hydrogens is 150 g/mol. The number of nitrogens with zero attached hydrogens (tertiary/aromatic N) is 2. The van der Waals surface area contributed by atoms with E-state index in [0.29, 0.717) is 5.92 Å². The molecule has 0 saturated carbocycles. The van der Waals surface area contributed by atoms with Crippen molar-refractivity contribution >= 4 is 12.4 Å². The summed E-state index contributed by atoms with van der Waals surface area (Å²) in [4.78, 5) is 4.05. The van der Waals surface area contributed by atoms with Crippen molar-refractivity contribution in [3.63, 3.8) is 0 Å². The van der Waals surface area contributed by atoms with E-state index in [-0.39, 0.29) is 12.4 Å². The van der Waals surface area contributed by atoms with E-state index in [1.165, 1.54) is 0 Å². The van der Waals surface area contributed by atoms with Gasteiger partial charge in [0.2, 0.25) is 0 Å². The zero-order valence-corrected chi connectivity index (χ0v) is 6.93. The maximum Gasteiger partial charge on any atom is 0.129 e. The summed E-state index contributed by atoms with van der Waals surface area (Å²) in [7, 11) is 0. The number of nitrogens with two attached hydrogens (primary N) is 1. The summed E-state index contributed by atoms with van der Waals surface area (Å²) in [5, 5.41) is 0. The second-order valence-electron chi connectivity index (χ2n) is 2.35. The summed E-state index contributed by atoms with van der Waals surface area (Å²) in [6.07, 6.45) is 3.45. The van der Waals surface area contributed by atoms with Crippen molar-refractivity contribution in [2.24, 2.45) is 0 Å². The fraction of sp³-hybridized carbons (Fsp3) is 0.500. The first-order valence-corrected chi connectivity index (χ1v) is 3.00. The molecule has 0 aliphatic heterocycles. The van der Waals surface area contributed by atoms with Crippen LogP contribution in [0, 0.1) is 0 Å². The molecule has 2 N–H and O–H groups in total. The summed E-state index contributed by atoms with van der Waals surface area (Å²) in [6.45, 7) is 4.12. The van der Waals surface area contributed by atoms with Gasteiger partial charge in [0.25, 0.3) is 0 Å². The van der Waals surface area contributed by atoms with Crippen molar-refractivity contribution in [3.8, 4) is 0 Å². The molecule has 1 aromatic heterocycles. The van der Waals surface area contributed by atoms with Gasteiger partial charge < -0.3 is 5.84 Å². The summed E-state index contributed by atoms with van der Waals surface area (Å²) in [6, 6.07) is 0. The molecule has 0 aliphatic rings. The number of rotatable bonds is 1. The fourth-order valence-electron chi connectivity index (χ4n) is 0.772. The van der Waals surface area contributed by atoms with Gasteiger partial charge in [0, 0.05) is 18.3 Å². The van der Waals surface area contributed by atoms with Gasteiger partial charge in [-0.25, -0.2) is 4.98 Å². The molecule has 0 aromatic carbocycles. The second-order valence-corrected chi connectivity index (χ2v) is 2.35. The van der Waals surface area contributed by atoms with Crippen LogP contribution in [0.15, 0.2) is 12.4 Å². The van der Waals surface area contributed by atoms with Crippen molar-refractivity contribution < 1.29 is 0 Å². The zero-order chi connectivity index (χ0) is 6.85. The number of halogens is 1. The van der Waals surface area contributed by atoms with Crippen molar-refractivity contribution in [2.45, 2.75) is 19.8 Å². The molecule has 0 spiro atoms. The Morgan fingerprint density at radius 2 is 2.20 bits per heavy atom. The van der Waals surface area contributed by atoms with Gasteiger partial charge >= 0.3 is 0 Å². The van der Waals surface area contributed by atoms with Crippen LogP contribution in [0.3, 0.4) is 0 Å². The smallest absolute Gasteiger partial charge is 0.129 e. The Morgan fingerprint density at radius 3 is 2.40 bits per heavy atom. The third-order valence-electron chi connectivity index (χ3n) is 1.22. The number of aromatic nitrogens is 2. The molecule has 0 radical (unpaired) electrons. The lowest BCUT2D eigenvalue weighted by atomic mass is 10.2. The van der Waals surface area contributed by atoms with Gasteiger partial charge in [-0.3, -0.25) is 4.68 Å². The van der Waals surface area contributed by atoms with E-state index >= 15 is 0 Å². The van der Waals surface area contributed by atoms with E-state index in [0.717, 1.165) is 5.82 Å². The Morgan fingerprint density at radius 1 is 1.60 bits per heavy atom. The second kappa shape index (κ2) is 3.46. The van der Waals surface area contributed by atoms with Crippen LogP contribution in [0.5, 0.6) is 0 Å². The minimum absolute atomic E-state index is 0. The Labute approximate surface area is 66.6 Å². The molecule has 0 amide bonds. The number of hydrogen-bond donors (Lipinski definition) is 1. The van der Waals surface area contributed by atoms with Gasteiger partial charge in [-0.2, -0.15) is 0 Å². The minimum Gasteiger partial charge on any atom is -0.338 e. The van der Waals surface area contributed by atoms with E-state index in [4.69, 9.17) is 5.84 Å². The predicted molar refractivity (Wildman–Crippen MR) is 43.7 cm³/mol. The van der Waals surface area contributed by atoms with Gasteiger partial charge in [0.15, 0.2) is 0 Å². The molecule has 0 saturated heterocycles. The number of imidazole rings is 1. The van der Waals surface area contributed by atoms with Crippen molar-refractivity contribution in [1.82, 2.24) is 9.66 Å². The first-order chi connectivity index (χ1) is 4.22. The van der Waals surface area contributed by atoms with Gasteiger partial charge in [-0.1, -0.05) is 13.8 Å². The quantitative estimate of drug-likeness (QED) is 0.628. The lowest BCUT2D eigenvalue weighted by Gasteiger charge is -2.02. The monoisotopic (exact) mass is 161 g/mol. The van der Waals surface area contributed by atoms with Gasteiger partial charge in [0.1, 0.15) is 5.82 Å². The van der Waals surface area contributed by atoms with E-state index in [9.17, 15) is 0 Å². The van der Waals surface area contributed by atoms with Crippen molar-refractivity contribution in [3.05, 3.63) is 18.2 Å². The Balaban J connectivity index is 0.000000810. The highest BCUT2D eigenvalue weighted by Gasteiger charge is 2.02. The van der Waals surface area contributed by atoms with Crippen LogP contribution in [-0.4, -0.2) is 9.66 Å². The Kier molecular flexibility index (Phi) is 3.22. The van der Waals surface area contributed by atoms with E-state index in [2.05, 4.69) is 18.8 Å². The van der Waals surface area contributed by atoms with Crippen molar-refractivity contribution in [1.29, 1.82) is 0 Å². The van der Waals surface area contributed by atoms with Crippen LogP contribution >= 0.6 is 12.4 Å². The third-order valence-corrected chi connectivity index (χ3v) is 1.22. The van der Waals surface area contributed by atoms with Crippen molar-refractivity contribution in [2.75, 3.05) is 5.84 Å².